The van der Waals surface area contributed by atoms with Crippen LogP contribution in [0.2, 0.25) is 0 Å². The Labute approximate surface area is 601 Å². The smallest absolute Gasteiger partial charge is 0.181 e. The van der Waals surface area contributed by atoms with Gasteiger partial charge in [0.2, 0.25) is 0 Å². The van der Waals surface area contributed by atoms with Crippen molar-refractivity contribution in [3.63, 3.8) is 0 Å². The third-order valence-corrected chi connectivity index (χ3v) is 22.1. The van der Waals surface area contributed by atoms with Crippen LogP contribution in [0.25, 0.3) is 101 Å². The van der Waals surface area contributed by atoms with E-state index in [1.54, 1.807) is 11.8 Å². The molecule has 4 nitrogen and oxygen atoms in total. The lowest BCUT2D eigenvalue weighted by Crippen LogP contribution is -1.92. The number of aryl methyl sites for hydroxylation is 11. The lowest BCUT2D eigenvalue weighted by molar-refractivity contribution is 0.599. The first-order chi connectivity index (χ1) is 48.5. The number of thioether (sulfide) groups is 1. The number of hydrogen-bond donors (Lipinski definition) is 0. The van der Waals surface area contributed by atoms with Gasteiger partial charge in [-0.2, -0.15) is 0 Å². The van der Waals surface area contributed by atoms with Crippen molar-refractivity contribution in [2.24, 2.45) is 0 Å². The van der Waals surface area contributed by atoms with Crippen molar-refractivity contribution in [3.8, 4) is 5.69 Å². The molecule has 18 rings (SSSR count). The second-order valence-corrected chi connectivity index (χ2v) is 29.0. The Morgan fingerprint density at radius 2 is 0.880 bits per heavy atom. The van der Waals surface area contributed by atoms with Crippen LogP contribution in [-0.4, -0.2) is 15.8 Å². The summed E-state index contributed by atoms with van der Waals surface area (Å²) >= 11 is 5.57. The van der Waals surface area contributed by atoms with Gasteiger partial charge in [-0.3, -0.25) is 0 Å². The largest absolute Gasteiger partial charge is 0.456 e. The second kappa shape index (κ2) is 31.7. The minimum Gasteiger partial charge on any atom is -0.456 e. The molecule has 0 aliphatic heterocycles. The first kappa shape index (κ1) is 69.6. The second-order valence-electron chi connectivity index (χ2n) is 25.9. The van der Waals surface area contributed by atoms with Crippen LogP contribution in [0, 0.1) is 83.1 Å². The van der Waals surface area contributed by atoms with Crippen LogP contribution in [-0.2, 0) is 6.42 Å². The normalized spacial score (nSPS) is 10.9. The molecule has 5 heterocycles. The van der Waals surface area contributed by atoms with Crippen LogP contribution in [0.15, 0.2) is 287 Å². The number of rotatable bonds is 4. The SMILES string of the molecule is CSc1cc(C)c(C)c(C)c1.Cc1cc2oc3ccccc3c2cc1C.Cc1cc2sc3ccccc3c2cc1C.Cc1ccc2ncoc2c1C.Cc1cccc2c1c1ccccc1n2-c1ccccc1.Cc1cccc2sc3ccccc3c12.Cc1ccccc1Cc1ccccc1. The number of nitrogens with zero attached hydrogens (tertiary/aromatic N) is 2. The Morgan fingerprint density at radius 3 is 1.59 bits per heavy atom. The van der Waals surface area contributed by atoms with Gasteiger partial charge in [0.1, 0.15) is 16.7 Å². The fourth-order valence-corrected chi connectivity index (χ4v) is 15.8. The number of hydrogen-bond acceptors (Lipinski definition) is 6. The topological polar surface area (TPSA) is 44.1 Å². The molecule has 13 aromatic carbocycles. The van der Waals surface area contributed by atoms with Gasteiger partial charge in [-0.1, -0.05) is 176 Å². The molecule has 5 aromatic heterocycles. The molecule has 18 aromatic rings. The van der Waals surface area contributed by atoms with Gasteiger partial charge in [-0.15, -0.1) is 34.4 Å². The summed E-state index contributed by atoms with van der Waals surface area (Å²) in [6.07, 6.45) is 4.63. The molecule has 498 valence electrons. The van der Waals surface area contributed by atoms with E-state index in [4.69, 9.17) is 8.83 Å². The number of furan rings is 1. The molecule has 0 radical (unpaired) electrons. The van der Waals surface area contributed by atoms with E-state index in [2.05, 4.69) is 335 Å². The Morgan fingerprint density at radius 1 is 0.350 bits per heavy atom. The third kappa shape index (κ3) is 15.6. The number of fused-ring (bicyclic) bond motifs is 13. The van der Waals surface area contributed by atoms with Crippen molar-refractivity contribution in [1.29, 1.82) is 0 Å². The van der Waals surface area contributed by atoms with Gasteiger partial charge < -0.3 is 13.4 Å². The van der Waals surface area contributed by atoms with Crippen LogP contribution in [0.3, 0.4) is 0 Å². The molecule has 0 N–H and O–H groups in total. The first-order valence-corrected chi connectivity index (χ1v) is 37.1. The highest BCUT2D eigenvalue weighted by atomic mass is 32.2. The van der Waals surface area contributed by atoms with Crippen LogP contribution >= 0.6 is 34.4 Å². The van der Waals surface area contributed by atoms with Gasteiger partial charge in [0.25, 0.3) is 0 Å². The Hall–Kier alpha value is -10.3. The average Bonchev–Trinajstić information content (AvgIpc) is 1.60. The molecule has 0 saturated heterocycles. The van der Waals surface area contributed by atoms with Crippen LogP contribution in [0.4, 0.5) is 0 Å². The minimum absolute atomic E-state index is 0.907. The van der Waals surface area contributed by atoms with Gasteiger partial charge in [-0.05, 0) is 265 Å². The molecule has 7 heteroatoms. The molecule has 0 aliphatic rings. The molecular formula is C93H86N2O2S3. The number of oxazole rings is 1. The lowest BCUT2D eigenvalue weighted by atomic mass is 10.0. The van der Waals surface area contributed by atoms with Gasteiger partial charge in [0, 0.05) is 72.5 Å². The zero-order valence-corrected chi connectivity index (χ0v) is 62.1. The predicted molar refractivity (Wildman–Crippen MR) is 438 cm³/mol. The molecule has 100 heavy (non-hydrogen) atoms. The average molecular weight is 1360 g/mol. The molecule has 0 bridgehead atoms. The summed E-state index contributed by atoms with van der Waals surface area (Å²) in [5.74, 6) is 0. The molecule has 0 amide bonds. The highest BCUT2D eigenvalue weighted by molar-refractivity contribution is 7.98. The van der Waals surface area contributed by atoms with Crippen LogP contribution in [0.1, 0.15) is 77.9 Å². The van der Waals surface area contributed by atoms with Crippen molar-refractivity contribution < 1.29 is 8.83 Å². The maximum absolute atomic E-state index is 5.79. The summed E-state index contributed by atoms with van der Waals surface area (Å²) in [6, 6.07) is 94.2. The zero-order chi connectivity index (χ0) is 70.0. The molecule has 0 unspecified atom stereocenters. The summed E-state index contributed by atoms with van der Waals surface area (Å²) in [5, 5.41) is 10.7. The number of para-hydroxylation sites is 3. The molecule has 0 saturated carbocycles. The van der Waals surface area contributed by atoms with Crippen LogP contribution < -0.4 is 0 Å². The van der Waals surface area contributed by atoms with E-state index in [0.29, 0.717) is 0 Å². The maximum Gasteiger partial charge on any atom is 0.181 e. The van der Waals surface area contributed by atoms with Crippen molar-refractivity contribution >= 4 is 130 Å². The first-order valence-electron chi connectivity index (χ1n) is 34.2. The molecule has 0 atom stereocenters. The fraction of sp³-hybridized carbons (Fsp3) is 0.151. The Bertz CT molecular complexity index is 5700. The quantitative estimate of drug-likeness (QED) is 0.165. The summed E-state index contributed by atoms with van der Waals surface area (Å²) in [6.45, 7) is 25.8. The van der Waals surface area contributed by atoms with Gasteiger partial charge in [0.05, 0.1) is 11.0 Å². The number of thiophene rings is 2. The van der Waals surface area contributed by atoms with E-state index >= 15 is 0 Å². The standard InChI is InChI=1S/C19H15N.C14H12O.C14H12S.C14H14.C13H10S.C10H14S.C9H9NO/c1-14-8-7-13-18-19(14)16-11-5-6-12-17(16)20(18)15-9-3-2-4-10-15;2*1-9-7-12-11-5-3-4-6-13(11)15-14(12)8-10(9)2;1-12-7-5-6-10-14(12)11-13-8-3-2-4-9-13;1-9-5-4-8-12-13(9)10-6-2-3-7-11(10)14-12;1-7-5-10(11-4)6-8(2)9(7)3;1-6-3-4-8-9(7(6)2)11-5-10-8/h2-13H,1H3;2*3-8H,1-2H3;2-10H,11H2,1H3;2-8H,1H3;5-6H,1-4H3;3-5H,1-2H3. The van der Waals surface area contributed by atoms with E-state index in [9.17, 15) is 0 Å². The fourth-order valence-electron chi connectivity index (χ4n) is 12.9. The van der Waals surface area contributed by atoms with Gasteiger partial charge in [0.15, 0.2) is 12.0 Å². The maximum atomic E-state index is 5.79. The van der Waals surface area contributed by atoms with Gasteiger partial charge >= 0.3 is 0 Å². The summed E-state index contributed by atoms with van der Waals surface area (Å²) < 4.78 is 18.9. The third-order valence-electron chi connectivity index (χ3n) is 19.2. The Kier molecular flexibility index (Phi) is 22.1. The highest BCUT2D eigenvalue weighted by Gasteiger charge is 2.14. The zero-order valence-electron chi connectivity index (χ0n) is 59.6. The molecule has 0 spiro atoms. The van der Waals surface area contributed by atoms with Crippen molar-refractivity contribution in [2.45, 2.75) is 94.4 Å². The van der Waals surface area contributed by atoms with Crippen molar-refractivity contribution in [1.82, 2.24) is 9.55 Å². The van der Waals surface area contributed by atoms with Crippen molar-refractivity contribution in [3.05, 3.63) is 351 Å². The summed E-state index contributed by atoms with van der Waals surface area (Å²) in [7, 11) is 0. The monoisotopic (exact) mass is 1360 g/mol. The Balaban J connectivity index is 0.000000112. The van der Waals surface area contributed by atoms with E-state index in [-0.39, 0.29) is 0 Å². The highest BCUT2D eigenvalue weighted by Crippen LogP contribution is 2.38. The van der Waals surface area contributed by atoms with E-state index in [0.717, 1.165) is 28.7 Å². The predicted octanol–water partition coefficient (Wildman–Crippen LogP) is 27.7. The molecule has 0 aliphatic carbocycles. The molecular weight excluding hydrogens is 1270 g/mol. The van der Waals surface area contributed by atoms with E-state index < -0.39 is 0 Å². The van der Waals surface area contributed by atoms with Gasteiger partial charge in [-0.25, -0.2) is 4.98 Å². The minimum atomic E-state index is 0.907. The molecule has 0 fully saturated rings. The van der Waals surface area contributed by atoms with E-state index in [1.807, 2.05) is 53.9 Å². The number of benzene rings is 13. The summed E-state index contributed by atoms with van der Waals surface area (Å²) in [5.41, 5.74) is 26.4. The van der Waals surface area contributed by atoms with Crippen molar-refractivity contribution in [2.75, 3.05) is 6.26 Å². The van der Waals surface area contributed by atoms with E-state index in [1.165, 1.54) is 168 Å². The summed E-state index contributed by atoms with van der Waals surface area (Å²) in [4.78, 5) is 5.42. The lowest BCUT2D eigenvalue weighted by Gasteiger charge is -2.07. The number of aromatic nitrogens is 2. The van der Waals surface area contributed by atoms with Crippen LogP contribution in [0.5, 0.6) is 0 Å².